The molecule has 0 aromatic carbocycles. The maximum absolute atomic E-state index is 11.0. The molecule has 6 nitrogen and oxygen atoms in total. The number of hydrogen-bond acceptors (Lipinski definition) is 3. The number of fused-ring (bicyclic) bond motifs is 1. The number of H-pyrrole nitrogens is 1. The summed E-state index contributed by atoms with van der Waals surface area (Å²) in [6.07, 6.45) is 2.44. The van der Waals surface area contributed by atoms with Crippen LogP contribution in [0.15, 0.2) is 12.7 Å². The minimum absolute atomic E-state index is 0.0845. The van der Waals surface area contributed by atoms with Crippen molar-refractivity contribution in [2.75, 3.05) is 13.1 Å². The third-order valence-corrected chi connectivity index (χ3v) is 3.22. The molecule has 2 rings (SSSR count). The number of thiocarbonyl (C=S) groups is 1. The number of nitrogens with zero attached hydrogens (tertiary/aromatic N) is 2. The summed E-state index contributed by atoms with van der Waals surface area (Å²) in [4.78, 5) is 13.0. The number of nitrogens with one attached hydrogen (secondary N) is 2. The van der Waals surface area contributed by atoms with Gasteiger partial charge < -0.3 is 15.3 Å². The molecule has 1 aliphatic rings. The summed E-state index contributed by atoms with van der Waals surface area (Å²) in [6.45, 7) is 5.42. The van der Waals surface area contributed by atoms with Crippen LogP contribution in [0.3, 0.4) is 0 Å². The molecule has 18 heavy (non-hydrogen) atoms. The van der Waals surface area contributed by atoms with E-state index in [9.17, 15) is 4.79 Å². The molecule has 0 fully saturated rings. The number of carboxylic acids is 1. The summed E-state index contributed by atoms with van der Waals surface area (Å²) >= 11 is 5.24. The molecule has 0 radical (unpaired) electrons. The fraction of sp³-hybridized carbons (Fsp3) is 0.364. The third kappa shape index (κ3) is 2.35. The van der Waals surface area contributed by atoms with Gasteiger partial charge in [-0.25, -0.2) is 4.79 Å². The van der Waals surface area contributed by atoms with Gasteiger partial charge in [0.2, 0.25) is 0 Å². The van der Waals surface area contributed by atoms with E-state index < -0.39 is 5.97 Å². The summed E-state index contributed by atoms with van der Waals surface area (Å²) in [5, 5.41) is 19.3. The molecule has 0 saturated carbocycles. The van der Waals surface area contributed by atoms with Gasteiger partial charge in [-0.1, -0.05) is 6.08 Å². The molecule has 1 aliphatic heterocycles. The van der Waals surface area contributed by atoms with Crippen LogP contribution < -0.4 is 5.32 Å². The SMILES string of the molecule is C=CCNC(=S)N1CCc2[nH]nc(C(=O)O)c2C1. The van der Waals surface area contributed by atoms with Crippen molar-refractivity contribution in [3.8, 4) is 0 Å². The minimum atomic E-state index is -1.01. The van der Waals surface area contributed by atoms with Gasteiger partial charge in [-0.15, -0.1) is 6.58 Å². The molecule has 7 heteroatoms. The zero-order valence-corrected chi connectivity index (χ0v) is 10.6. The van der Waals surface area contributed by atoms with E-state index in [-0.39, 0.29) is 5.69 Å². The fourth-order valence-electron chi connectivity index (χ4n) is 1.92. The van der Waals surface area contributed by atoms with Crippen molar-refractivity contribution >= 4 is 23.3 Å². The zero-order chi connectivity index (χ0) is 13.1. The second kappa shape index (κ2) is 5.18. The van der Waals surface area contributed by atoms with Crippen molar-refractivity contribution in [3.63, 3.8) is 0 Å². The van der Waals surface area contributed by atoms with Gasteiger partial charge in [0, 0.05) is 37.3 Å². The topological polar surface area (TPSA) is 81.2 Å². The molecule has 1 aromatic rings. The second-order valence-electron chi connectivity index (χ2n) is 3.98. The summed E-state index contributed by atoms with van der Waals surface area (Å²) in [7, 11) is 0. The lowest BCUT2D eigenvalue weighted by molar-refractivity contribution is 0.0688. The molecule has 0 saturated heterocycles. The molecule has 2 heterocycles. The van der Waals surface area contributed by atoms with E-state index in [1.54, 1.807) is 6.08 Å². The summed E-state index contributed by atoms with van der Waals surface area (Å²) in [5.74, 6) is -1.01. The summed E-state index contributed by atoms with van der Waals surface area (Å²) < 4.78 is 0. The van der Waals surface area contributed by atoms with E-state index in [0.29, 0.717) is 24.6 Å². The molecule has 3 N–H and O–H groups in total. The second-order valence-corrected chi connectivity index (χ2v) is 4.37. The third-order valence-electron chi connectivity index (χ3n) is 2.82. The number of carbonyl (C=O) groups is 1. The Balaban J connectivity index is 2.13. The predicted octanol–water partition coefficient (Wildman–Crippen LogP) is 0.527. The Morgan fingerprint density at radius 3 is 3.17 bits per heavy atom. The lowest BCUT2D eigenvalue weighted by atomic mass is 10.1. The Labute approximate surface area is 110 Å². The number of aromatic amines is 1. The van der Waals surface area contributed by atoms with Gasteiger partial charge in [0.1, 0.15) is 0 Å². The number of rotatable bonds is 3. The highest BCUT2D eigenvalue weighted by atomic mass is 32.1. The fourth-order valence-corrected chi connectivity index (χ4v) is 2.16. The quantitative estimate of drug-likeness (QED) is 0.547. The highest BCUT2D eigenvalue weighted by molar-refractivity contribution is 7.80. The Kier molecular flexibility index (Phi) is 3.61. The van der Waals surface area contributed by atoms with Crippen molar-refractivity contribution in [3.05, 3.63) is 29.6 Å². The van der Waals surface area contributed by atoms with Gasteiger partial charge in [-0.2, -0.15) is 5.10 Å². The van der Waals surface area contributed by atoms with Gasteiger partial charge >= 0.3 is 5.97 Å². The number of carboxylic acid groups (broad SMARTS) is 1. The van der Waals surface area contributed by atoms with Gasteiger partial charge in [-0.05, 0) is 12.2 Å². The molecular formula is C11H14N4O2S. The normalized spacial score (nSPS) is 13.9. The number of hydrogen-bond donors (Lipinski definition) is 3. The van der Waals surface area contributed by atoms with Crippen molar-refractivity contribution in [1.82, 2.24) is 20.4 Å². The van der Waals surface area contributed by atoms with E-state index in [4.69, 9.17) is 17.3 Å². The molecule has 1 aromatic heterocycles. The Bertz CT molecular complexity index is 497. The average Bonchev–Trinajstić information content (AvgIpc) is 2.78. The minimum Gasteiger partial charge on any atom is -0.476 e. The van der Waals surface area contributed by atoms with Crippen LogP contribution in [-0.2, 0) is 13.0 Å². The van der Waals surface area contributed by atoms with E-state index in [2.05, 4.69) is 22.1 Å². The van der Waals surface area contributed by atoms with Crippen LogP contribution in [-0.4, -0.2) is 44.4 Å². The molecule has 0 aliphatic carbocycles. The molecule has 0 bridgehead atoms. The standard InChI is InChI=1S/C11H14N4O2S/c1-2-4-12-11(18)15-5-3-8-7(6-15)9(10(16)17)14-13-8/h2H,1,3-6H2,(H,12,18)(H,13,14)(H,16,17). The molecule has 0 amide bonds. The first-order valence-electron chi connectivity index (χ1n) is 5.56. The van der Waals surface area contributed by atoms with E-state index in [1.165, 1.54) is 0 Å². The van der Waals surface area contributed by atoms with Gasteiger partial charge in [0.15, 0.2) is 10.8 Å². The van der Waals surface area contributed by atoms with Crippen LogP contribution in [0.5, 0.6) is 0 Å². The Morgan fingerprint density at radius 1 is 1.72 bits per heavy atom. The first-order chi connectivity index (χ1) is 8.63. The Hall–Kier alpha value is -1.89. The Morgan fingerprint density at radius 2 is 2.50 bits per heavy atom. The average molecular weight is 266 g/mol. The maximum atomic E-state index is 11.0. The lowest BCUT2D eigenvalue weighted by Crippen LogP contribution is -2.42. The predicted molar refractivity (Wildman–Crippen MR) is 70.5 cm³/mol. The number of aromatic nitrogens is 2. The maximum Gasteiger partial charge on any atom is 0.356 e. The van der Waals surface area contributed by atoms with Gasteiger partial charge in [-0.3, -0.25) is 5.10 Å². The molecule has 0 spiro atoms. The highest BCUT2D eigenvalue weighted by Gasteiger charge is 2.26. The lowest BCUT2D eigenvalue weighted by Gasteiger charge is -2.29. The van der Waals surface area contributed by atoms with E-state index in [1.807, 2.05) is 4.90 Å². The molecule has 0 atom stereocenters. The van der Waals surface area contributed by atoms with Gasteiger partial charge in [0.25, 0.3) is 0 Å². The largest absolute Gasteiger partial charge is 0.476 e. The molecular weight excluding hydrogens is 252 g/mol. The van der Waals surface area contributed by atoms with Crippen LogP contribution in [0.1, 0.15) is 21.7 Å². The summed E-state index contributed by atoms with van der Waals surface area (Å²) in [5.41, 5.74) is 1.69. The first kappa shape index (κ1) is 12.6. The highest BCUT2D eigenvalue weighted by Crippen LogP contribution is 2.20. The van der Waals surface area contributed by atoms with Crippen LogP contribution in [0.25, 0.3) is 0 Å². The van der Waals surface area contributed by atoms with Crippen LogP contribution in [0.2, 0.25) is 0 Å². The summed E-state index contributed by atoms with van der Waals surface area (Å²) in [6, 6.07) is 0. The molecule has 0 unspecified atom stereocenters. The number of aromatic carboxylic acids is 1. The van der Waals surface area contributed by atoms with E-state index in [0.717, 1.165) is 17.8 Å². The first-order valence-corrected chi connectivity index (χ1v) is 5.97. The molecule has 96 valence electrons. The van der Waals surface area contributed by atoms with Crippen LogP contribution >= 0.6 is 12.2 Å². The van der Waals surface area contributed by atoms with E-state index >= 15 is 0 Å². The van der Waals surface area contributed by atoms with Crippen LogP contribution in [0.4, 0.5) is 0 Å². The van der Waals surface area contributed by atoms with Crippen LogP contribution in [0, 0.1) is 0 Å². The van der Waals surface area contributed by atoms with Crippen molar-refractivity contribution in [2.24, 2.45) is 0 Å². The van der Waals surface area contributed by atoms with Gasteiger partial charge in [0.05, 0.1) is 0 Å². The van der Waals surface area contributed by atoms with Crippen molar-refractivity contribution in [1.29, 1.82) is 0 Å². The van der Waals surface area contributed by atoms with Crippen molar-refractivity contribution in [2.45, 2.75) is 13.0 Å². The zero-order valence-electron chi connectivity index (χ0n) is 9.77. The monoisotopic (exact) mass is 266 g/mol. The smallest absolute Gasteiger partial charge is 0.356 e. The van der Waals surface area contributed by atoms with Crippen molar-refractivity contribution < 1.29 is 9.90 Å².